The molecule has 2 aromatic carbocycles. The van der Waals surface area contributed by atoms with Gasteiger partial charge in [0.05, 0.1) is 31.2 Å². The van der Waals surface area contributed by atoms with E-state index in [1.807, 2.05) is 49.4 Å². The van der Waals surface area contributed by atoms with E-state index in [0.717, 1.165) is 23.5 Å². The first-order valence-corrected chi connectivity index (χ1v) is 14.4. The molecular weight excluding hydrogens is 494 g/mol. The van der Waals surface area contributed by atoms with Crippen molar-refractivity contribution >= 4 is 27.3 Å². The van der Waals surface area contributed by atoms with Crippen molar-refractivity contribution in [1.82, 2.24) is 14.1 Å². The molecule has 0 unspecified atom stereocenters. The maximum Gasteiger partial charge on any atom is 0.243 e. The molecule has 1 aliphatic heterocycles. The van der Waals surface area contributed by atoms with Gasteiger partial charge in [0.25, 0.3) is 0 Å². The van der Waals surface area contributed by atoms with Crippen molar-refractivity contribution in [1.29, 1.82) is 0 Å². The van der Waals surface area contributed by atoms with Gasteiger partial charge in [-0.1, -0.05) is 48.5 Å². The van der Waals surface area contributed by atoms with Crippen molar-refractivity contribution in [3.63, 3.8) is 0 Å². The lowest BCUT2D eigenvalue weighted by Gasteiger charge is -2.31. The fourth-order valence-corrected chi connectivity index (χ4v) is 6.46. The van der Waals surface area contributed by atoms with E-state index < -0.39 is 10.0 Å². The summed E-state index contributed by atoms with van der Waals surface area (Å²) in [7, 11) is -3.84. The molecule has 1 aliphatic rings. The van der Waals surface area contributed by atoms with E-state index in [-0.39, 0.29) is 23.9 Å². The average molecular weight is 528 g/mol. The van der Waals surface area contributed by atoms with Crippen LogP contribution in [0.5, 0.6) is 0 Å². The summed E-state index contributed by atoms with van der Waals surface area (Å²) in [4.78, 5) is 20.1. The molecule has 192 valence electrons. The van der Waals surface area contributed by atoms with Gasteiger partial charge in [-0.25, -0.2) is 8.42 Å². The quantitative estimate of drug-likeness (QED) is 0.381. The molecule has 4 rings (SSSR count). The largest absolute Gasteiger partial charge is 0.379 e. The molecule has 7 nitrogen and oxygen atoms in total. The third-order valence-electron chi connectivity index (χ3n) is 6.17. The summed E-state index contributed by atoms with van der Waals surface area (Å²) < 4.78 is 33.9. The molecule has 1 aromatic heterocycles. The number of nitrogens with zero attached hydrogens (tertiary/aromatic N) is 3. The standard InChI is InChI=1S/C27H33N3O4S2/c1-23-12-13-25(35-23)21-29(20-24-8-4-2-5-9-24)27(31)22-30(15-14-28-16-18-34-19-17-28)36(32,33)26-10-6-3-7-11-26/h2-13H,14-22H2,1H3. The van der Waals surface area contributed by atoms with Crippen LogP contribution in [-0.4, -0.2) is 74.4 Å². The number of amides is 1. The van der Waals surface area contributed by atoms with Crippen LogP contribution in [0.3, 0.4) is 0 Å². The number of carbonyl (C=O) groups excluding carboxylic acids is 1. The summed E-state index contributed by atoms with van der Waals surface area (Å²) in [5.41, 5.74) is 1.00. The summed E-state index contributed by atoms with van der Waals surface area (Å²) in [6.45, 7) is 6.25. The number of hydrogen-bond donors (Lipinski definition) is 0. The van der Waals surface area contributed by atoms with Gasteiger partial charge in [0.1, 0.15) is 0 Å². The fourth-order valence-electron chi connectivity index (χ4n) is 4.15. The lowest BCUT2D eigenvalue weighted by Crippen LogP contribution is -2.46. The molecule has 0 aliphatic carbocycles. The van der Waals surface area contributed by atoms with Crippen molar-refractivity contribution in [2.75, 3.05) is 45.9 Å². The minimum atomic E-state index is -3.84. The van der Waals surface area contributed by atoms with Gasteiger partial charge < -0.3 is 9.64 Å². The molecule has 0 spiro atoms. The summed E-state index contributed by atoms with van der Waals surface area (Å²) in [6, 6.07) is 22.2. The highest BCUT2D eigenvalue weighted by molar-refractivity contribution is 7.89. The zero-order valence-electron chi connectivity index (χ0n) is 20.6. The van der Waals surface area contributed by atoms with Gasteiger partial charge in [-0.05, 0) is 36.8 Å². The fraction of sp³-hybridized carbons (Fsp3) is 0.370. The van der Waals surface area contributed by atoms with Crippen LogP contribution >= 0.6 is 11.3 Å². The third kappa shape index (κ3) is 7.24. The molecule has 3 aromatic rings. The van der Waals surface area contributed by atoms with E-state index in [1.54, 1.807) is 46.6 Å². The van der Waals surface area contributed by atoms with Gasteiger partial charge in [-0.15, -0.1) is 11.3 Å². The van der Waals surface area contributed by atoms with Crippen LogP contribution in [0, 0.1) is 6.92 Å². The first-order valence-electron chi connectivity index (χ1n) is 12.1. The van der Waals surface area contributed by atoms with Gasteiger partial charge in [-0.2, -0.15) is 4.31 Å². The number of thiophene rings is 1. The van der Waals surface area contributed by atoms with Crippen LogP contribution in [-0.2, 0) is 32.6 Å². The number of morpholine rings is 1. The zero-order valence-corrected chi connectivity index (χ0v) is 22.2. The molecular formula is C27H33N3O4S2. The minimum absolute atomic E-state index is 0.197. The van der Waals surface area contributed by atoms with Gasteiger partial charge in [-0.3, -0.25) is 9.69 Å². The molecule has 1 amide bonds. The Bertz CT molecular complexity index is 1210. The molecule has 0 saturated carbocycles. The number of aryl methyl sites for hydroxylation is 1. The molecule has 36 heavy (non-hydrogen) atoms. The first-order chi connectivity index (χ1) is 17.4. The van der Waals surface area contributed by atoms with E-state index >= 15 is 0 Å². The van der Waals surface area contributed by atoms with Crippen molar-refractivity contribution in [3.05, 3.63) is 88.1 Å². The molecule has 0 N–H and O–H groups in total. The Hall–Kier alpha value is -2.56. The Morgan fingerprint density at radius 2 is 1.61 bits per heavy atom. The van der Waals surface area contributed by atoms with Gasteiger partial charge in [0.2, 0.25) is 15.9 Å². The number of rotatable bonds is 11. The van der Waals surface area contributed by atoms with Crippen molar-refractivity contribution < 1.29 is 17.9 Å². The first kappa shape index (κ1) is 26.5. The third-order valence-corrected chi connectivity index (χ3v) is 9.02. The van der Waals surface area contributed by atoms with E-state index in [1.165, 1.54) is 9.18 Å². The molecule has 0 bridgehead atoms. The van der Waals surface area contributed by atoms with Crippen LogP contribution in [0.4, 0.5) is 0 Å². The molecule has 2 heterocycles. The van der Waals surface area contributed by atoms with Crippen molar-refractivity contribution in [3.8, 4) is 0 Å². The van der Waals surface area contributed by atoms with E-state index in [2.05, 4.69) is 4.90 Å². The summed E-state index contributed by atoms with van der Waals surface area (Å²) in [6.07, 6.45) is 0. The molecule has 9 heteroatoms. The van der Waals surface area contributed by atoms with Gasteiger partial charge in [0.15, 0.2) is 0 Å². The van der Waals surface area contributed by atoms with E-state index in [0.29, 0.717) is 32.8 Å². The number of benzene rings is 2. The highest BCUT2D eigenvalue weighted by Gasteiger charge is 2.29. The van der Waals surface area contributed by atoms with Gasteiger partial charge >= 0.3 is 0 Å². The van der Waals surface area contributed by atoms with Crippen LogP contribution in [0.1, 0.15) is 15.3 Å². The van der Waals surface area contributed by atoms with Crippen molar-refractivity contribution in [2.45, 2.75) is 24.9 Å². The zero-order chi connectivity index (χ0) is 25.4. The van der Waals surface area contributed by atoms with Gasteiger partial charge in [0, 0.05) is 42.5 Å². The Morgan fingerprint density at radius 3 is 2.25 bits per heavy atom. The number of carbonyl (C=O) groups is 1. The number of ether oxygens (including phenoxy) is 1. The summed E-state index contributed by atoms with van der Waals surface area (Å²) in [5, 5.41) is 0. The lowest BCUT2D eigenvalue weighted by atomic mass is 10.2. The van der Waals surface area contributed by atoms with Crippen LogP contribution in [0.2, 0.25) is 0 Å². The topological polar surface area (TPSA) is 70.2 Å². The Balaban J connectivity index is 1.56. The minimum Gasteiger partial charge on any atom is -0.379 e. The Morgan fingerprint density at radius 1 is 0.944 bits per heavy atom. The second kappa shape index (κ2) is 12.6. The summed E-state index contributed by atoms with van der Waals surface area (Å²) >= 11 is 1.65. The second-order valence-electron chi connectivity index (χ2n) is 8.85. The maximum atomic E-state index is 13.7. The Labute approximate surface area is 218 Å². The molecule has 1 saturated heterocycles. The lowest BCUT2D eigenvalue weighted by molar-refractivity contribution is -0.132. The molecule has 1 fully saturated rings. The predicted octanol–water partition coefficient (Wildman–Crippen LogP) is 3.61. The smallest absolute Gasteiger partial charge is 0.243 e. The average Bonchev–Trinajstić information content (AvgIpc) is 3.32. The highest BCUT2D eigenvalue weighted by atomic mass is 32.2. The SMILES string of the molecule is Cc1ccc(CN(Cc2ccccc2)C(=O)CN(CCN2CCOCC2)S(=O)(=O)c2ccccc2)s1. The Kier molecular flexibility index (Phi) is 9.28. The van der Waals surface area contributed by atoms with Crippen LogP contribution in [0.15, 0.2) is 77.7 Å². The molecule has 0 radical (unpaired) electrons. The van der Waals surface area contributed by atoms with E-state index in [4.69, 9.17) is 4.74 Å². The number of sulfonamides is 1. The monoisotopic (exact) mass is 527 g/mol. The number of hydrogen-bond acceptors (Lipinski definition) is 6. The predicted molar refractivity (Wildman–Crippen MR) is 142 cm³/mol. The maximum absolute atomic E-state index is 13.7. The highest BCUT2D eigenvalue weighted by Crippen LogP contribution is 2.20. The second-order valence-corrected chi connectivity index (χ2v) is 12.2. The van der Waals surface area contributed by atoms with E-state index in [9.17, 15) is 13.2 Å². The molecule has 0 atom stereocenters. The van der Waals surface area contributed by atoms with Crippen LogP contribution < -0.4 is 0 Å². The van der Waals surface area contributed by atoms with Crippen LogP contribution in [0.25, 0.3) is 0 Å². The summed E-state index contributed by atoms with van der Waals surface area (Å²) in [5.74, 6) is -0.216. The normalized spacial score (nSPS) is 14.7. The van der Waals surface area contributed by atoms with Crippen molar-refractivity contribution in [2.24, 2.45) is 0 Å².